The van der Waals surface area contributed by atoms with Crippen molar-refractivity contribution in [3.63, 3.8) is 0 Å². The first kappa shape index (κ1) is 11.4. The average molecular weight is 246 g/mol. The van der Waals surface area contributed by atoms with E-state index in [4.69, 9.17) is 4.74 Å². The van der Waals surface area contributed by atoms with Crippen LogP contribution in [0.5, 0.6) is 0 Å². The fourth-order valence-electron chi connectivity index (χ4n) is 2.82. The second-order valence-electron chi connectivity index (χ2n) is 4.60. The Labute approximate surface area is 105 Å². The number of aromatic nitrogens is 2. The van der Waals surface area contributed by atoms with E-state index in [2.05, 4.69) is 9.97 Å². The number of fused-ring (bicyclic) bond motifs is 1. The van der Waals surface area contributed by atoms with Gasteiger partial charge in [-0.15, -0.1) is 0 Å². The van der Waals surface area contributed by atoms with Crippen LogP contribution in [-0.4, -0.2) is 17.1 Å². The molecule has 1 aliphatic rings. The Hall–Kier alpha value is -1.68. The maximum atomic E-state index is 14.1. The third kappa shape index (κ3) is 1.73. The minimum absolute atomic E-state index is 0.0480. The molecule has 2 aromatic rings. The lowest BCUT2D eigenvalue weighted by Gasteiger charge is -2.12. The normalized spacial score (nSPS) is 18.0. The van der Waals surface area contributed by atoms with Gasteiger partial charge in [0.05, 0.1) is 6.61 Å². The minimum Gasteiger partial charge on any atom is -0.380 e. The average Bonchev–Trinajstić information content (AvgIpc) is 3.00. The number of rotatable bonds is 3. The summed E-state index contributed by atoms with van der Waals surface area (Å²) >= 11 is 0. The Morgan fingerprint density at radius 3 is 3.11 bits per heavy atom. The van der Waals surface area contributed by atoms with Crippen molar-refractivity contribution >= 4 is 0 Å². The van der Waals surface area contributed by atoms with Crippen LogP contribution >= 0.6 is 0 Å². The van der Waals surface area contributed by atoms with Crippen molar-refractivity contribution < 1.29 is 9.13 Å². The van der Waals surface area contributed by atoms with Gasteiger partial charge in [0.15, 0.2) is 0 Å². The number of benzene rings is 1. The van der Waals surface area contributed by atoms with E-state index in [1.807, 2.05) is 6.07 Å². The predicted molar refractivity (Wildman–Crippen MR) is 65.9 cm³/mol. The standard InChI is InChI=1S/C14H15FN2O/c1-18-8-9-2-5-12(15)13-10(9)3-4-11(13)14-16-6-7-17-14/h2,5-7,11H,3-4,8H2,1H3,(H,16,17). The molecule has 1 unspecified atom stereocenters. The summed E-state index contributed by atoms with van der Waals surface area (Å²) in [6.45, 7) is 0.535. The van der Waals surface area contributed by atoms with Gasteiger partial charge >= 0.3 is 0 Å². The summed E-state index contributed by atoms with van der Waals surface area (Å²) in [6, 6.07) is 3.36. The molecule has 1 atom stereocenters. The molecule has 1 aromatic heterocycles. The number of ether oxygens (including phenoxy) is 1. The van der Waals surface area contributed by atoms with E-state index in [1.165, 1.54) is 6.07 Å². The number of nitrogens with one attached hydrogen (secondary N) is 1. The van der Waals surface area contributed by atoms with E-state index in [0.717, 1.165) is 35.4 Å². The van der Waals surface area contributed by atoms with Crippen LogP contribution in [0.15, 0.2) is 24.5 Å². The fraction of sp³-hybridized carbons (Fsp3) is 0.357. The molecule has 18 heavy (non-hydrogen) atoms. The number of nitrogens with zero attached hydrogens (tertiary/aromatic N) is 1. The summed E-state index contributed by atoms with van der Waals surface area (Å²) in [5.41, 5.74) is 2.97. The van der Waals surface area contributed by atoms with Crippen molar-refractivity contribution in [3.8, 4) is 0 Å². The fourth-order valence-corrected chi connectivity index (χ4v) is 2.82. The molecule has 0 aliphatic heterocycles. The number of aromatic amines is 1. The Morgan fingerprint density at radius 1 is 1.50 bits per heavy atom. The minimum atomic E-state index is -0.135. The SMILES string of the molecule is COCc1ccc(F)c2c1CCC2c1ncc[nH]1. The smallest absolute Gasteiger partial charge is 0.127 e. The molecule has 0 saturated carbocycles. The van der Waals surface area contributed by atoms with Crippen molar-refractivity contribution in [1.29, 1.82) is 0 Å². The topological polar surface area (TPSA) is 37.9 Å². The molecule has 3 rings (SSSR count). The van der Waals surface area contributed by atoms with Gasteiger partial charge in [0, 0.05) is 31.0 Å². The predicted octanol–water partition coefficient (Wildman–Crippen LogP) is 2.77. The van der Waals surface area contributed by atoms with Gasteiger partial charge in [0.1, 0.15) is 11.6 Å². The molecule has 4 heteroatoms. The molecule has 94 valence electrons. The van der Waals surface area contributed by atoms with Crippen LogP contribution in [0.25, 0.3) is 0 Å². The van der Waals surface area contributed by atoms with Gasteiger partial charge in [-0.2, -0.15) is 0 Å². The Morgan fingerprint density at radius 2 is 2.39 bits per heavy atom. The molecule has 1 N–H and O–H groups in total. The highest BCUT2D eigenvalue weighted by molar-refractivity contribution is 5.44. The number of methoxy groups -OCH3 is 1. The lowest BCUT2D eigenvalue weighted by atomic mass is 9.97. The summed E-state index contributed by atoms with van der Waals surface area (Å²) in [4.78, 5) is 7.35. The van der Waals surface area contributed by atoms with Crippen LogP contribution in [0.2, 0.25) is 0 Å². The molecule has 0 bridgehead atoms. The van der Waals surface area contributed by atoms with E-state index in [1.54, 1.807) is 19.5 Å². The molecule has 0 fully saturated rings. The zero-order valence-electron chi connectivity index (χ0n) is 10.2. The maximum Gasteiger partial charge on any atom is 0.127 e. The highest BCUT2D eigenvalue weighted by Gasteiger charge is 2.30. The van der Waals surface area contributed by atoms with E-state index < -0.39 is 0 Å². The van der Waals surface area contributed by atoms with Gasteiger partial charge in [-0.25, -0.2) is 9.37 Å². The third-order valence-corrected chi connectivity index (χ3v) is 3.58. The molecule has 0 amide bonds. The molecule has 1 heterocycles. The Balaban J connectivity index is 2.07. The van der Waals surface area contributed by atoms with E-state index in [-0.39, 0.29) is 11.7 Å². The van der Waals surface area contributed by atoms with Gasteiger partial charge in [-0.05, 0) is 30.0 Å². The molecular formula is C14H15FN2O. The molecular weight excluding hydrogens is 231 g/mol. The Kier molecular flexibility index (Phi) is 2.88. The Bertz CT molecular complexity index is 551. The van der Waals surface area contributed by atoms with Crippen LogP contribution in [0.3, 0.4) is 0 Å². The van der Waals surface area contributed by atoms with Crippen molar-refractivity contribution in [2.24, 2.45) is 0 Å². The quantitative estimate of drug-likeness (QED) is 0.904. The van der Waals surface area contributed by atoms with Crippen LogP contribution in [-0.2, 0) is 17.8 Å². The largest absolute Gasteiger partial charge is 0.380 e. The van der Waals surface area contributed by atoms with Gasteiger partial charge in [-0.1, -0.05) is 6.07 Å². The molecule has 1 aromatic carbocycles. The maximum absolute atomic E-state index is 14.1. The third-order valence-electron chi connectivity index (χ3n) is 3.58. The number of imidazole rings is 1. The van der Waals surface area contributed by atoms with Gasteiger partial charge in [0.25, 0.3) is 0 Å². The number of hydrogen-bond donors (Lipinski definition) is 1. The molecule has 0 saturated heterocycles. The zero-order valence-corrected chi connectivity index (χ0v) is 10.2. The first-order chi connectivity index (χ1) is 8.81. The lowest BCUT2D eigenvalue weighted by molar-refractivity contribution is 0.184. The van der Waals surface area contributed by atoms with Crippen molar-refractivity contribution in [1.82, 2.24) is 9.97 Å². The first-order valence-corrected chi connectivity index (χ1v) is 6.09. The molecule has 0 spiro atoms. The summed E-state index contributed by atoms with van der Waals surface area (Å²) < 4.78 is 19.2. The number of H-pyrrole nitrogens is 1. The zero-order chi connectivity index (χ0) is 12.5. The van der Waals surface area contributed by atoms with Crippen LogP contribution in [0.1, 0.15) is 34.9 Å². The molecule has 1 aliphatic carbocycles. The lowest BCUT2D eigenvalue weighted by Crippen LogP contribution is -2.03. The van der Waals surface area contributed by atoms with E-state index in [0.29, 0.717) is 6.61 Å². The van der Waals surface area contributed by atoms with Crippen LogP contribution in [0.4, 0.5) is 4.39 Å². The molecule has 3 nitrogen and oxygen atoms in total. The van der Waals surface area contributed by atoms with Gasteiger partial charge in [-0.3, -0.25) is 0 Å². The van der Waals surface area contributed by atoms with Crippen molar-refractivity contribution in [2.75, 3.05) is 7.11 Å². The monoisotopic (exact) mass is 246 g/mol. The van der Waals surface area contributed by atoms with Crippen LogP contribution < -0.4 is 0 Å². The van der Waals surface area contributed by atoms with E-state index >= 15 is 0 Å². The molecule has 0 radical (unpaired) electrons. The number of halogens is 1. The van der Waals surface area contributed by atoms with Crippen molar-refractivity contribution in [3.05, 3.63) is 52.9 Å². The number of hydrogen-bond acceptors (Lipinski definition) is 2. The van der Waals surface area contributed by atoms with E-state index in [9.17, 15) is 4.39 Å². The van der Waals surface area contributed by atoms with Crippen molar-refractivity contribution in [2.45, 2.75) is 25.4 Å². The van der Waals surface area contributed by atoms with Gasteiger partial charge < -0.3 is 9.72 Å². The first-order valence-electron chi connectivity index (χ1n) is 6.09. The summed E-state index contributed by atoms with van der Waals surface area (Å²) in [6.07, 6.45) is 5.28. The second-order valence-corrected chi connectivity index (χ2v) is 4.60. The van der Waals surface area contributed by atoms with Crippen LogP contribution in [0, 0.1) is 5.82 Å². The summed E-state index contributed by atoms with van der Waals surface area (Å²) in [7, 11) is 1.66. The van der Waals surface area contributed by atoms with Gasteiger partial charge in [0.2, 0.25) is 0 Å². The second kappa shape index (κ2) is 4.53. The highest BCUT2D eigenvalue weighted by atomic mass is 19.1. The summed E-state index contributed by atoms with van der Waals surface area (Å²) in [5.74, 6) is 0.762. The summed E-state index contributed by atoms with van der Waals surface area (Å²) in [5, 5.41) is 0. The highest BCUT2D eigenvalue weighted by Crippen LogP contribution is 2.40.